The van der Waals surface area contributed by atoms with Crippen molar-refractivity contribution in [3.63, 3.8) is 0 Å². The molecule has 2 rings (SSSR count). The molecule has 1 aromatic carbocycles. The molecule has 0 aromatic heterocycles. The highest BCUT2D eigenvalue weighted by Crippen LogP contribution is 2.18. The number of carbonyl (C=O) groups excluding carboxylic acids is 1. The quantitative estimate of drug-likeness (QED) is 0.703. The van der Waals surface area contributed by atoms with E-state index in [1.54, 1.807) is 0 Å². The van der Waals surface area contributed by atoms with Crippen molar-refractivity contribution in [2.75, 3.05) is 6.54 Å². The monoisotopic (exact) mass is 221 g/mol. The van der Waals surface area contributed by atoms with Crippen LogP contribution in [0.2, 0.25) is 5.02 Å². The number of nitrogens with zero attached hydrogens (tertiary/aromatic N) is 1. The van der Waals surface area contributed by atoms with E-state index in [0.29, 0.717) is 12.1 Å². The van der Waals surface area contributed by atoms with Crippen molar-refractivity contribution in [3.05, 3.63) is 47.0 Å². The van der Waals surface area contributed by atoms with Gasteiger partial charge in [0.05, 0.1) is 0 Å². The number of hydrogen-bond acceptors (Lipinski definition) is 1. The molecule has 1 fully saturated rings. The topological polar surface area (TPSA) is 20.3 Å². The molecule has 0 spiro atoms. The molecule has 3 heteroatoms. The number of benzene rings is 1. The molecule has 0 saturated carbocycles. The summed E-state index contributed by atoms with van der Waals surface area (Å²) >= 11 is 5.79. The van der Waals surface area contributed by atoms with Crippen molar-refractivity contribution in [3.8, 4) is 0 Å². The van der Waals surface area contributed by atoms with Crippen molar-refractivity contribution in [2.24, 2.45) is 0 Å². The van der Waals surface area contributed by atoms with Crippen LogP contribution in [-0.4, -0.2) is 17.4 Å². The maximum Gasteiger partial charge on any atom is 0.249 e. The molecule has 0 bridgehead atoms. The Hall–Kier alpha value is -1.28. The zero-order valence-corrected chi connectivity index (χ0v) is 9.13. The predicted molar refractivity (Wildman–Crippen MR) is 60.6 cm³/mol. The molecule has 1 amide bonds. The normalized spacial score (nSPS) is 16.2. The van der Waals surface area contributed by atoms with Crippen LogP contribution in [0.25, 0.3) is 0 Å². The Bertz CT molecular complexity index is 397. The first kappa shape index (κ1) is 10.2. The summed E-state index contributed by atoms with van der Waals surface area (Å²) in [6, 6.07) is 7.56. The zero-order valence-electron chi connectivity index (χ0n) is 8.37. The summed E-state index contributed by atoms with van der Waals surface area (Å²) in [4.78, 5) is 13.4. The summed E-state index contributed by atoms with van der Waals surface area (Å²) in [5, 5.41) is 0.718. The van der Waals surface area contributed by atoms with Crippen LogP contribution in [0.15, 0.2) is 36.4 Å². The summed E-state index contributed by atoms with van der Waals surface area (Å²) in [6.45, 7) is 5.15. The van der Waals surface area contributed by atoms with Crippen LogP contribution in [0.3, 0.4) is 0 Å². The van der Waals surface area contributed by atoms with Gasteiger partial charge in [0.15, 0.2) is 0 Å². The Morgan fingerprint density at radius 1 is 1.33 bits per heavy atom. The molecule has 0 unspecified atom stereocenters. The average Bonchev–Trinajstić information content (AvgIpc) is 2.53. The van der Waals surface area contributed by atoms with Crippen molar-refractivity contribution in [2.45, 2.75) is 13.0 Å². The lowest BCUT2D eigenvalue weighted by Crippen LogP contribution is -2.24. The molecule has 78 valence electrons. The van der Waals surface area contributed by atoms with Gasteiger partial charge in [-0.05, 0) is 24.1 Å². The van der Waals surface area contributed by atoms with E-state index in [1.807, 2.05) is 29.2 Å². The minimum atomic E-state index is 0.0740. The summed E-state index contributed by atoms with van der Waals surface area (Å²) in [5.74, 6) is 0.0740. The molecule has 15 heavy (non-hydrogen) atoms. The van der Waals surface area contributed by atoms with Gasteiger partial charge in [0, 0.05) is 23.7 Å². The van der Waals surface area contributed by atoms with Crippen molar-refractivity contribution >= 4 is 17.5 Å². The van der Waals surface area contributed by atoms with Gasteiger partial charge in [-0.3, -0.25) is 4.79 Å². The third kappa shape index (κ3) is 2.21. The third-order valence-corrected chi connectivity index (χ3v) is 2.81. The van der Waals surface area contributed by atoms with E-state index in [-0.39, 0.29) is 5.91 Å². The fourth-order valence-corrected chi connectivity index (χ4v) is 1.79. The highest BCUT2D eigenvalue weighted by molar-refractivity contribution is 6.30. The first-order valence-electron chi connectivity index (χ1n) is 4.88. The van der Waals surface area contributed by atoms with E-state index in [2.05, 4.69) is 6.58 Å². The highest BCUT2D eigenvalue weighted by atomic mass is 35.5. The van der Waals surface area contributed by atoms with Crippen LogP contribution < -0.4 is 0 Å². The molecular weight excluding hydrogens is 210 g/mol. The summed E-state index contributed by atoms with van der Waals surface area (Å²) in [7, 11) is 0. The van der Waals surface area contributed by atoms with Crippen molar-refractivity contribution in [1.29, 1.82) is 0 Å². The minimum Gasteiger partial charge on any atom is -0.334 e. The maximum atomic E-state index is 11.6. The Morgan fingerprint density at radius 2 is 2.00 bits per heavy atom. The third-order valence-electron chi connectivity index (χ3n) is 2.56. The molecule has 1 aliphatic rings. The number of rotatable bonds is 2. The fraction of sp³-hybridized carbons (Fsp3) is 0.250. The minimum absolute atomic E-state index is 0.0740. The smallest absolute Gasteiger partial charge is 0.249 e. The molecule has 0 N–H and O–H groups in total. The predicted octanol–water partition coefficient (Wildman–Crippen LogP) is 2.63. The van der Waals surface area contributed by atoms with Gasteiger partial charge in [0.1, 0.15) is 0 Å². The van der Waals surface area contributed by atoms with Crippen LogP contribution in [0, 0.1) is 0 Å². The fourth-order valence-electron chi connectivity index (χ4n) is 1.66. The van der Waals surface area contributed by atoms with Crippen LogP contribution in [0.5, 0.6) is 0 Å². The largest absolute Gasteiger partial charge is 0.334 e. The molecule has 2 nitrogen and oxygen atoms in total. The van der Waals surface area contributed by atoms with E-state index >= 15 is 0 Å². The molecule has 0 aliphatic carbocycles. The number of likely N-dealkylation sites (tertiary alicyclic amines) is 1. The Morgan fingerprint density at radius 3 is 2.53 bits per heavy atom. The van der Waals surface area contributed by atoms with E-state index in [9.17, 15) is 4.79 Å². The lowest BCUT2D eigenvalue weighted by molar-refractivity contribution is -0.125. The van der Waals surface area contributed by atoms with Gasteiger partial charge in [0.2, 0.25) is 5.91 Å². The van der Waals surface area contributed by atoms with Crippen molar-refractivity contribution < 1.29 is 4.79 Å². The summed E-state index contributed by atoms with van der Waals surface area (Å²) in [5.41, 5.74) is 1.81. The lowest BCUT2D eigenvalue weighted by Gasteiger charge is -2.14. The van der Waals surface area contributed by atoms with Crippen LogP contribution in [-0.2, 0) is 11.3 Å². The zero-order chi connectivity index (χ0) is 10.8. The second kappa shape index (κ2) is 4.07. The Kier molecular flexibility index (Phi) is 2.78. The van der Waals surface area contributed by atoms with Crippen molar-refractivity contribution in [1.82, 2.24) is 4.90 Å². The standard InChI is InChI=1S/C12H12ClNO/c1-9-6-7-14(12(9)15)8-10-2-4-11(13)5-3-10/h2-5H,1,6-8H2. The molecule has 1 heterocycles. The van der Waals surface area contributed by atoms with Gasteiger partial charge < -0.3 is 4.90 Å². The Balaban J connectivity index is 2.06. The second-order valence-corrected chi connectivity index (χ2v) is 4.14. The number of halogens is 1. The van der Waals surface area contributed by atoms with Gasteiger partial charge in [-0.15, -0.1) is 0 Å². The summed E-state index contributed by atoms with van der Waals surface area (Å²) in [6.07, 6.45) is 0.784. The molecule has 1 saturated heterocycles. The SMILES string of the molecule is C=C1CCN(Cc2ccc(Cl)cc2)C1=O. The number of carbonyl (C=O) groups is 1. The number of amides is 1. The van der Waals surface area contributed by atoms with E-state index in [4.69, 9.17) is 11.6 Å². The first-order chi connectivity index (χ1) is 7.16. The maximum absolute atomic E-state index is 11.6. The molecule has 0 atom stereocenters. The van der Waals surface area contributed by atoms with Gasteiger partial charge in [-0.2, -0.15) is 0 Å². The van der Waals surface area contributed by atoms with Crippen LogP contribution in [0.1, 0.15) is 12.0 Å². The second-order valence-electron chi connectivity index (χ2n) is 3.71. The van der Waals surface area contributed by atoms with Gasteiger partial charge >= 0.3 is 0 Å². The van der Waals surface area contributed by atoms with E-state index in [0.717, 1.165) is 23.6 Å². The lowest BCUT2D eigenvalue weighted by atomic mass is 10.2. The van der Waals surface area contributed by atoms with Crippen LogP contribution >= 0.6 is 11.6 Å². The molecule has 0 radical (unpaired) electrons. The highest BCUT2D eigenvalue weighted by Gasteiger charge is 2.23. The molecule has 1 aromatic rings. The first-order valence-corrected chi connectivity index (χ1v) is 5.26. The Labute approximate surface area is 94.2 Å². The van der Waals surface area contributed by atoms with Gasteiger partial charge in [-0.25, -0.2) is 0 Å². The van der Waals surface area contributed by atoms with E-state index in [1.165, 1.54) is 0 Å². The van der Waals surface area contributed by atoms with E-state index < -0.39 is 0 Å². The van der Waals surface area contributed by atoms with Gasteiger partial charge in [-0.1, -0.05) is 30.3 Å². The van der Waals surface area contributed by atoms with Gasteiger partial charge in [0.25, 0.3) is 0 Å². The molecule has 1 aliphatic heterocycles. The molecular formula is C12H12ClNO. The number of hydrogen-bond donors (Lipinski definition) is 0. The summed E-state index contributed by atoms with van der Waals surface area (Å²) < 4.78 is 0. The average molecular weight is 222 g/mol. The van der Waals surface area contributed by atoms with Crippen LogP contribution in [0.4, 0.5) is 0 Å².